The molecule has 28 heavy (non-hydrogen) atoms. The summed E-state index contributed by atoms with van der Waals surface area (Å²) in [5.41, 5.74) is 4.82. The van der Waals surface area contributed by atoms with E-state index in [9.17, 15) is 4.79 Å². The van der Waals surface area contributed by atoms with Crippen LogP contribution in [0.1, 0.15) is 48.2 Å². The first kappa shape index (κ1) is 20.9. The van der Waals surface area contributed by atoms with Crippen LogP contribution >= 0.6 is 11.6 Å². The summed E-state index contributed by atoms with van der Waals surface area (Å²) in [4.78, 5) is 14.9. The Bertz CT molecular complexity index is 822. The van der Waals surface area contributed by atoms with Crippen molar-refractivity contribution in [3.63, 3.8) is 0 Å². The number of hydrogen-bond donors (Lipinski definition) is 1. The molecule has 0 radical (unpaired) electrons. The molecule has 0 spiro atoms. The van der Waals surface area contributed by atoms with Crippen LogP contribution in [0, 0.1) is 20.8 Å². The molecule has 1 saturated heterocycles. The molecule has 152 valence electrons. The van der Waals surface area contributed by atoms with Crippen molar-refractivity contribution in [2.75, 3.05) is 26.2 Å². The van der Waals surface area contributed by atoms with Gasteiger partial charge in [0.15, 0.2) is 0 Å². The Hall–Kier alpha value is -1.85. The predicted molar refractivity (Wildman–Crippen MR) is 114 cm³/mol. The van der Waals surface area contributed by atoms with Gasteiger partial charge in [0.05, 0.1) is 17.8 Å². The van der Waals surface area contributed by atoms with E-state index in [4.69, 9.17) is 11.6 Å². The summed E-state index contributed by atoms with van der Waals surface area (Å²) in [7, 11) is 0. The lowest BCUT2D eigenvalue weighted by Gasteiger charge is -2.19. The van der Waals surface area contributed by atoms with Crippen LogP contribution in [0.5, 0.6) is 0 Å². The zero-order valence-electron chi connectivity index (χ0n) is 17.2. The fraction of sp³-hybridized carbons (Fsp3) is 0.545. The van der Waals surface area contributed by atoms with Gasteiger partial charge in [0.2, 0.25) is 5.91 Å². The van der Waals surface area contributed by atoms with Crippen molar-refractivity contribution in [2.45, 2.75) is 52.9 Å². The van der Waals surface area contributed by atoms with Crippen molar-refractivity contribution in [1.82, 2.24) is 20.0 Å². The number of nitrogens with one attached hydrogen (secondary N) is 1. The van der Waals surface area contributed by atoms with E-state index < -0.39 is 0 Å². The highest BCUT2D eigenvalue weighted by molar-refractivity contribution is 6.31. The zero-order chi connectivity index (χ0) is 20.1. The highest BCUT2D eigenvalue weighted by Crippen LogP contribution is 2.23. The molecule has 1 aromatic heterocycles. The molecule has 0 unspecified atom stereocenters. The van der Waals surface area contributed by atoms with Gasteiger partial charge in [-0.2, -0.15) is 5.10 Å². The van der Waals surface area contributed by atoms with Gasteiger partial charge in [-0.3, -0.25) is 4.79 Å². The van der Waals surface area contributed by atoms with Crippen molar-refractivity contribution in [3.05, 3.63) is 45.7 Å². The summed E-state index contributed by atoms with van der Waals surface area (Å²) < 4.78 is 1.88. The first-order chi connectivity index (χ1) is 13.5. The van der Waals surface area contributed by atoms with Crippen molar-refractivity contribution >= 4 is 17.5 Å². The standard InChI is InChI=1S/C22H31ClN4O/c1-16-8-9-19(14-21(16)23)27-18(3)20(17(2)25-27)15-22(28)24-10-13-26-11-6-4-5-7-12-26/h8-9,14H,4-7,10-13,15H2,1-3H3,(H,24,28). The molecule has 0 bridgehead atoms. The predicted octanol–water partition coefficient (Wildman–Crippen LogP) is 3.99. The number of halogens is 1. The van der Waals surface area contributed by atoms with Gasteiger partial charge in [-0.1, -0.05) is 30.5 Å². The number of carbonyl (C=O) groups excluding carboxylic acids is 1. The number of aryl methyl sites for hydroxylation is 2. The van der Waals surface area contributed by atoms with E-state index in [1.165, 1.54) is 25.7 Å². The van der Waals surface area contributed by atoms with Gasteiger partial charge in [-0.05, 0) is 64.4 Å². The Morgan fingerprint density at radius 1 is 1.14 bits per heavy atom. The van der Waals surface area contributed by atoms with Gasteiger partial charge < -0.3 is 10.2 Å². The third-order valence-corrected chi connectivity index (χ3v) is 6.03. The minimum absolute atomic E-state index is 0.0579. The number of amides is 1. The van der Waals surface area contributed by atoms with Gasteiger partial charge in [-0.15, -0.1) is 0 Å². The van der Waals surface area contributed by atoms with Gasteiger partial charge in [0.1, 0.15) is 0 Å². The van der Waals surface area contributed by atoms with Crippen LogP contribution in [0.4, 0.5) is 0 Å². The molecule has 3 rings (SSSR count). The van der Waals surface area contributed by atoms with Crippen LogP contribution in [-0.4, -0.2) is 46.8 Å². The Balaban J connectivity index is 1.60. The van der Waals surface area contributed by atoms with Crippen LogP contribution in [0.3, 0.4) is 0 Å². The number of likely N-dealkylation sites (tertiary alicyclic amines) is 1. The third kappa shape index (κ3) is 5.15. The second-order valence-corrected chi connectivity index (χ2v) is 8.18. The van der Waals surface area contributed by atoms with Crippen molar-refractivity contribution in [2.24, 2.45) is 0 Å². The van der Waals surface area contributed by atoms with Crippen molar-refractivity contribution < 1.29 is 4.79 Å². The second-order valence-electron chi connectivity index (χ2n) is 7.78. The van der Waals surface area contributed by atoms with Crippen LogP contribution in [0.15, 0.2) is 18.2 Å². The molecule has 1 fully saturated rings. The highest BCUT2D eigenvalue weighted by atomic mass is 35.5. The summed E-state index contributed by atoms with van der Waals surface area (Å²) in [5.74, 6) is 0.0579. The van der Waals surface area contributed by atoms with E-state index in [0.29, 0.717) is 13.0 Å². The van der Waals surface area contributed by atoms with Crippen LogP contribution in [0.2, 0.25) is 5.02 Å². The lowest BCUT2D eigenvalue weighted by atomic mass is 10.1. The largest absolute Gasteiger partial charge is 0.355 e. The topological polar surface area (TPSA) is 50.2 Å². The summed E-state index contributed by atoms with van der Waals surface area (Å²) in [6.07, 6.45) is 5.57. The fourth-order valence-corrected chi connectivity index (χ4v) is 4.01. The minimum Gasteiger partial charge on any atom is -0.355 e. The van der Waals surface area contributed by atoms with Crippen molar-refractivity contribution in [1.29, 1.82) is 0 Å². The Morgan fingerprint density at radius 2 is 1.86 bits per heavy atom. The Morgan fingerprint density at radius 3 is 2.54 bits per heavy atom. The average molecular weight is 403 g/mol. The van der Waals surface area contributed by atoms with E-state index >= 15 is 0 Å². The maximum absolute atomic E-state index is 12.5. The van der Waals surface area contributed by atoms with Crippen molar-refractivity contribution in [3.8, 4) is 5.69 Å². The number of benzene rings is 1. The molecule has 2 aromatic rings. The summed E-state index contributed by atoms with van der Waals surface area (Å²) in [5, 5.41) is 8.44. The number of rotatable bonds is 6. The van der Waals surface area contributed by atoms with Crippen LogP contribution in [0.25, 0.3) is 5.69 Å². The fourth-order valence-electron chi connectivity index (χ4n) is 3.83. The summed E-state index contributed by atoms with van der Waals surface area (Å²) in [6.45, 7) is 9.89. The third-order valence-electron chi connectivity index (χ3n) is 5.63. The molecule has 1 aromatic carbocycles. The van der Waals surface area contributed by atoms with E-state index in [1.54, 1.807) is 0 Å². The molecule has 1 aliphatic rings. The molecule has 0 atom stereocenters. The molecule has 5 nitrogen and oxygen atoms in total. The number of carbonyl (C=O) groups is 1. The van der Waals surface area contributed by atoms with Gasteiger partial charge in [0, 0.05) is 29.4 Å². The average Bonchev–Trinajstić information content (AvgIpc) is 2.84. The molecule has 0 aliphatic carbocycles. The maximum atomic E-state index is 12.5. The second kappa shape index (κ2) is 9.57. The monoisotopic (exact) mass is 402 g/mol. The molecule has 0 saturated carbocycles. The van der Waals surface area contributed by atoms with E-state index in [0.717, 1.165) is 52.9 Å². The lowest BCUT2D eigenvalue weighted by molar-refractivity contribution is -0.120. The number of hydrogen-bond acceptors (Lipinski definition) is 3. The Labute approximate surface area is 173 Å². The van der Waals surface area contributed by atoms with Gasteiger partial charge >= 0.3 is 0 Å². The summed E-state index contributed by atoms with van der Waals surface area (Å²) in [6, 6.07) is 5.91. The van der Waals surface area contributed by atoms with Crippen LogP contribution < -0.4 is 5.32 Å². The first-order valence-corrected chi connectivity index (χ1v) is 10.6. The van der Waals surface area contributed by atoms with E-state index in [2.05, 4.69) is 15.3 Å². The molecule has 1 N–H and O–H groups in total. The summed E-state index contributed by atoms with van der Waals surface area (Å²) >= 11 is 6.27. The molecule has 2 heterocycles. The highest BCUT2D eigenvalue weighted by Gasteiger charge is 2.17. The van der Waals surface area contributed by atoms with Gasteiger partial charge in [0.25, 0.3) is 0 Å². The molecular formula is C22H31ClN4O. The maximum Gasteiger partial charge on any atom is 0.224 e. The van der Waals surface area contributed by atoms with Crippen LogP contribution in [-0.2, 0) is 11.2 Å². The van der Waals surface area contributed by atoms with E-state index in [1.807, 2.05) is 43.7 Å². The quantitative estimate of drug-likeness (QED) is 0.794. The first-order valence-electron chi connectivity index (χ1n) is 10.3. The number of aromatic nitrogens is 2. The SMILES string of the molecule is Cc1ccc(-n2nc(C)c(CC(=O)NCCN3CCCCCC3)c2C)cc1Cl. The van der Waals surface area contributed by atoms with E-state index in [-0.39, 0.29) is 5.91 Å². The molecular weight excluding hydrogens is 372 g/mol. The van der Waals surface area contributed by atoms with Gasteiger partial charge in [-0.25, -0.2) is 4.68 Å². The lowest BCUT2D eigenvalue weighted by Crippen LogP contribution is -2.36. The zero-order valence-corrected chi connectivity index (χ0v) is 18.0. The molecule has 1 amide bonds. The minimum atomic E-state index is 0.0579. The molecule has 1 aliphatic heterocycles. The smallest absolute Gasteiger partial charge is 0.224 e. The number of nitrogens with zero attached hydrogens (tertiary/aromatic N) is 3. The normalized spacial score (nSPS) is 15.4. The Kier molecular flexibility index (Phi) is 7.13. The molecule has 6 heteroatoms.